The molecule has 0 fully saturated rings. The molecular formula is C10H11FN4. The summed E-state index contributed by atoms with van der Waals surface area (Å²) in [6.07, 6.45) is 0. The van der Waals surface area contributed by atoms with Crippen molar-refractivity contribution in [1.82, 2.24) is 0 Å². The predicted molar refractivity (Wildman–Crippen MR) is 56.4 cm³/mol. The van der Waals surface area contributed by atoms with E-state index < -0.39 is 0 Å². The molecule has 0 atom stereocenters. The fourth-order valence-corrected chi connectivity index (χ4v) is 1.39. The molecule has 1 heterocycles. The molecule has 0 aliphatic carbocycles. The molecule has 0 radical (unpaired) electrons. The van der Waals surface area contributed by atoms with Crippen LogP contribution in [0.5, 0.6) is 0 Å². The molecule has 5 heteroatoms. The fraction of sp³-hybridized carbons (Fsp3) is 0.300. The maximum absolute atomic E-state index is 13.6. The molecule has 4 nitrogen and oxygen atoms in total. The Balaban J connectivity index is 2.32. The maximum Gasteiger partial charge on any atom is 0.148 e. The molecule has 0 unspecified atom stereocenters. The number of nitrogens with zero attached hydrogens (tertiary/aromatic N) is 3. The Morgan fingerprint density at radius 3 is 3.00 bits per heavy atom. The van der Waals surface area contributed by atoms with E-state index in [9.17, 15) is 4.39 Å². The first-order valence-corrected chi connectivity index (χ1v) is 4.69. The van der Waals surface area contributed by atoms with Crippen molar-refractivity contribution in [3.05, 3.63) is 29.6 Å². The Morgan fingerprint density at radius 2 is 2.40 bits per heavy atom. The maximum atomic E-state index is 13.6. The minimum Gasteiger partial charge on any atom is -0.326 e. The topological polar surface area (TPSA) is 54.0 Å². The number of aliphatic imine (C=N–C) groups is 1. The van der Waals surface area contributed by atoms with Gasteiger partial charge in [-0.1, -0.05) is 6.07 Å². The smallest absolute Gasteiger partial charge is 0.148 e. The second kappa shape index (κ2) is 4.21. The van der Waals surface area contributed by atoms with Crippen LogP contribution in [0.25, 0.3) is 0 Å². The summed E-state index contributed by atoms with van der Waals surface area (Å²) in [5.41, 5.74) is 6.62. The predicted octanol–water partition coefficient (Wildman–Crippen LogP) is 1.19. The molecule has 0 saturated heterocycles. The van der Waals surface area contributed by atoms with Crippen molar-refractivity contribution in [2.24, 2.45) is 15.8 Å². The first kappa shape index (κ1) is 9.83. The standard InChI is InChI=1S/C10H11FN4/c11-9-5-8(6-12)1-2-10(9)15-4-3-13-7-14-15/h1-2,5H,3-4,6,12H2. The largest absolute Gasteiger partial charge is 0.326 e. The molecule has 0 saturated carbocycles. The fourth-order valence-electron chi connectivity index (χ4n) is 1.39. The molecule has 0 amide bonds. The van der Waals surface area contributed by atoms with Crippen LogP contribution in [0.15, 0.2) is 28.3 Å². The van der Waals surface area contributed by atoms with E-state index in [1.807, 2.05) is 0 Å². The lowest BCUT2D eigenvalue weighted by Crippen LogP contribution is -2.23. The molecule has 78 valence electrons. The highest BCUT2D eigenvalue weighted by molar-refractivity contribution is 5.54. The molecule has 15 heavy (non-hydrogen) atoms. The van der Waals surface area contributed by atoms with Gasteiger partial charge in [-0.05, 0) is 17.7 Å². The van der Waals surface area contributed by atoms with Gasteiger partial charge in [0.05, 0.1) is 18.8 Å². The van der Waals surface area contributed by atoms with Gasteiger partial charge in [-0.3, -0.25) is 5.01 Å². The summed E-state index contributed by atoms with van der Waals surface area (Å²) in [5, 5.41) is 5.41. The van der Waals surface area contributed by atoms with Crippen molar-refractivity contribution in [3.63, 3.8) is 0 Å². The van der Waals surface area contributed by atoms with Crippen molar-refractivity contribution in [2.75, 3.05) is 18.1 Å². The molecule has 0 spiro atoms. The van der Waals surface area contributed by atoms with Gasteiger partial charge in [0.2, 0.25) is 0 Å². The van der Waals surface area contributed by atoms with Gasteiger partial charge in [0.25, 0.3) is 0 Å². The number of anilines is 1. The summed E-state index contributed by atoms with van der Waals surface area (Å²) >= 11 is 0. The number of benzene rings is 1. The van der Waals surface area contributed by atoms with Crippen molar-refractivity contribution in [1.29, 1.82) is 0 Å². The monoisotopic (exact) mass is 206 g/mol. The molecule has 2 rings (SSSR count). The van der Waals surface area contributed by atoms with E-state index in [4.69, 9.17) is 5.73 Å². The molecule has 0 aromatic heterocycles. The van der Waals surface area contributed by atoms with E-state index in [2.05, 4.69) is 16.1 Å². The van der Waals surface area contributed by atoms with Crippen molar-refractivity contribution in [3.8, 4) is 0 Å². The van der Waals surface area contributed by atoms with Gasteiger partial charge in [-0.2, -0.15) is 0 Å². The van der Waals surface area contributed by atoms with Crippen LogP contribution in [0.3, 0.4) is 0 Å². The van der Waals surface area contributed by atoms with Gasteiger partial charge in [-0.25, -0.2) is 9.38 Å². The van der Waals surface area contributed by atoms with E-state index in [1.54, 1.807) is 17.1 Å². The number of hydrazone groups is 1. The highest BCUT2D eigenvalue weighted by atomic mass is 19.1. The molecule has 1 aliphatic rings. The third-order valence-electron chi connectivity index (χ3n) is 2.19. The minimum atomic E-state index is -0.314. The first-order chi connectivity index (χ1) is 7.31. The molecule has 1 aromatic carbocycles. The van der Waals surface area contributed by atoms with E-state index in [0.29, 0.717) is 25.3 Å². The number of hydrogen-bond acceptors (Lipinski definition) is 4. The van der Waals surface area contributed by atoms with Crippen LogP contribution >= 0.6 is 0 Å². The van der Waals surface area contributed by atoms with Crippen molar-refractivity contribution in [2.45, 2.75) is 6.54 Å². The zero-order chi connectivity index (χ0) is 10.7. The summed E-state index contributed by atoms with van der Waals surface area (Å²) in [4.78, 5) is 3.82. The summed E-state index contributed by atoms with van der Waals surface area (Å²) < 4.78 is 13.6. The first-order valence-electron chi connectivity index (χ1n) is 4.69. The average molecular weight is 206 g/mol. The van der Waals surface area contributed by atoms with Crippen LogP contribution in [0.4, 0.5) is 10.1 Å². The number of rotatable bonds is 2. The van der Waals surface area contributed by atoms with Crippen LogP contribution in [0.2, 0.25) is 0 Å². The number of nitrogens with two attached hydrogens (primary N) is 1. The van der Waals surface area contributed by atoms with Crippen LogP contribution < -0.4 is 10.7 Å². The van der Waals surface area contributed by atoms with Gasteiger partial charge in [0, 0.05) is 6.54 Å². The third kappa shape index (κ3) is 2.03. The van der Waals surface area contributed by atoms with E-state index >= 15 is 0 Å². The van der Waals surface area contributed by atoms with Crippen molar-refractivity contribution < 1.29 is 4.39 Å². The Kier molecular flexibility index (Phi) is 2.76. The number of hydrogen-bond donors (Lipinski definition) is 1. The van der Waals surface area contributed by atoms with Gasteiger partial charge in [0.15, 0.2) is 0 Å². The van der Waals surface area contributed by atoms with Gasteiger partial charge in [-0.15, -0.1) is 5.10 Å². The van der Waals surface area contributed by atoms with Crippen LogP contribution in [-0.2, 0) is 6.54 Å². The quantitative estimate of drug-likeness (QED) is 0.790. The zero-order valence-corrected chi connectivity index (χ0v) is 8.15. The van der Waals surface area contributed by atoms with Gasteiger partial charge >= 0.3 is 0 Å². The minimum absolute atomic E-state index is 0.314. The van der Waals surface area contributed by atoms with Gasteiger partial charge in [0.1, 0.15) is 11.8 Å². The van der Waals surface area contributed by atoms with Gasteiger partial charge < -0.3 is 5.73 Å². The van der Waals surface area contributed by atoms with Crippen LogP contribution in [0, 0.1) is 5.82 Å². The summed E-state index contributed by atoms with van der Waals surface area (Å²) in [7, 11) is 0. The Morgan fingerprint density at radius 1 is 1.53 bits per heavy atom. The molecular weight excluding hydrogens is 195 g/mol. The van der Waals surface area contributed by atoms with E-state index in [0.717, 1.165) is 5.56 Å². The Bertz CT molecular complexity index is 423. The number of halogens is 1. The lowest BCUT2D eigenvalue weighted by atomic mass is 10.2. The van der Waals surface area contributed by atoms with Crippen molar-refractivity contribution >= 4 is 11.7 Å². The lowest BCUT2D eigenvalue weighted by molar-refractivity contribution is 0.616. The Hall–Kier alpha value is -1.71. The normalized spacial score (nSPS) is 14.7. The van der Waals surface area contributed by atoms with Crippen LogP contribution in [0.1, 0.15) is 5.56 Å². The molecule has 1 aliphatic heterocycles. The second-order valence-corrected chi connectivity index (χ2v) is 3.19. The average Bonchev–Trinajstić information content (AvgIpc) is 2.30. The zero-order valence-electron chi connectivity index (χ0n) is 8.15. The third-order valence-corrected chi connectivity index (χ3v) is 2.19. The van der Waals surface area contributed by atoms with Crippen LogP contribution in [-0.4, -0.2) is 19.1 Å². The highest BCUT2D eigenvalue weighted by Gasteiger charge is 2.12. The SMILES string of the molecule is NCc1ccc(N2CCN=C=N2)c(F)c1. The van der Waals surface area contributed by atoms with E-state index in [1.165, 1.54) is 6.07 Å². The molecule has 2 N–H and O–H groups in total. The highest BCUT2D eigenvalue weighted by Crippen LogP contribution is 2.21. The summed E-state index contributed by atoms with van der Waals surface area (Å²) in [6, 6.07) is 7.37. The van der Waals surface area contributed by atoms with E-state index in [-0.39, 0.29) is 5.82 Å². The second-order valence-electron chi connectivity index (χ2n) is 3.19. The molecule has 0 bridgehead atoms. The summed E-state index contributed by atoms with van der Waals surface area (Å²) in [6.45, 7) is 1.50. The Labute approximate surface area is 86.9 Å². The summed E-state index contributed by atoms with van der Waals surface area (Å²) in [5.74, 6) is -0.314. The molecule has 1 aromatic rings. The lowest BCUT2D eigenvalue weighted by Gasteiger charge is -2.18.